The third-order valence-corrected chi connectivity index (χ3v) is 4.27. The van der Waals surface area contributed by atoms with Gasteiger partial charge in [0, 0.05) is 50.3 Å². The van der Waals surface area contributed by atoms with E-state index in [1.54, 1.807) is 0 Å². The predicted molar refractivity (Wildman–Crippen MR) is 88.9 cm³/mol. The fourth-order valence-corrected chi connectivity index (χ4v) is 3.11. The standard InChI is InChI=1S/C17H25N5/c1-15(8-13-22-12-5-10-19-22)20-16-6-4-11-21(14-16)17-7-2-3-9-18-17/h2-3,5,7,9-10,12,15-16,20H,4,6,8,11,13-14H2,1H3/t15-,16-/m0/s1. The monoisotopic (exact) mass is 299 g/mol. The number of aromatic nitrogens is 3. The maximum atomic E-state index is 4.47. The number of anilines is 1. The van der Waals surface area contributed by atoms with Crippen molar-refractivity contribution in [1.29, 1.82) is 0 Å². The van der Waals surface area contributed by atoms with Crippen LogP contribution in [0, 0.1) is 0 Å². The molecular formula is C17H25N5. The summed E-state index contributed by atoms with van der Waals surface area (Å²) in [6.45, 7) is 5.39. The zero-order valence-electron chi connectivity index (χ0n) is 13.2. The fraction of sp³-hybridized carbons (Fsp3) is 0.529. The topological polar surface area (TPSA) is 46.0 Å². The van der Waals surface area contributed by atoms with E-state index in [0.29, 0.717) is 12.1 Å². The Morgan fingerprint density at radius 3 is 3.05 bits per heavy atom. The van der Waals surface area contributed by atoms with Gasteiger partial charge in [-0.25, -0.2) is 4.98 Å². The number of nitrogens with zero attached hydrogens (tertiary/aromatic N) is 4. The fourth-order valence-electron chi connectivity index (χ4n) is 3.11. The predicted octanol–water partition coefficient (Wildman–Crippen LogP) is 2.32. The van der Waals surface area contributed by atoms with Crippen LogP contribution in [-0.2, 0) is 6.54 Å². The van der Waals surface area contributed by atoms with E-state index in [1.807, 2.05) is 35.4 Å². The van der Waals surface area contributed by atoms with Crippen LogP contribution in [0.1, 0.15) is 26.2 Å². The van der Waals surface area contributed by atoms with Crippen LogP contribution in [-0.4, -0.2) is 39.9 Å². The van der Waals surface area contributed by atoms with Gasteiger partial charge in [0.05, 0.1) is 0 Å². The molecule has 3 rings (SSSR count). The van der Waals surface area contributed by atoms with Gasteiger partial charge in [-0.15, -0.1) is 0 Å². The third kappa shape index (κ3) is 4.07. The molecule has 0 aliphatic carbocycles. The highest BCUT2D eigenvalue weighted by atomic mass is 15.3. The van der Waals surface area contributed by atoms with Crippen LogP contribution in [0.25, 0.3) is 0 Å². The maximum Gasteiger partial charge on any atom is 0.128 e. The summed E-state index contributed by atoms with van der Waals surface area (Å²) in [4.78, 5) is 6.86. The first-order valence-corrected chi connectivity index (χ1v) is 8.21. The molecule has 1 saturated heterocycles. The van der Waals surface area contributed by atoms with Gasteiger partial charge < -0.3 is 10.2 Å². The Labute approximate surface area is 132 Å². The van der Waals surface area contributed by atoms with Crippen molar-refractivity contribution in [1.82, 2.24) is 20.1 Å². The number of hydrogen-bond donors (Lipinski definition) is 1. The molecule has 1 aliphatic heterocycles. The average Bonchev–Trinajstić information content (AvgIpc) is 3.08. The van der Waals surface area contributed by atoms with Crippen molar-refractivity contribution < 1.29 is 0 Å². The third-order valence-electron chi connectivity index (χ3n) is 4.27. The molecule has 0 bridgehead atoms. The summed E-state index contributed by atoms with van der Waals surface area (Å²) in [5, 5.41) is 8.03. The molecule has 5 nitrogen and oxygen atoms in total. The number of aryl methyl sites for hydroxylation is 1. The molecule has 0 saturated carbocycles. The van der Waals surface area contributed by atoms with E-state index in [9.17, 15) is 0 Å². The van der Waals surface area contributed by atoms with Crippen LogP contribution in [0.3, 0.4) is 0 Å². The SMILES string of the molecule is C[C@@H](CCn1cccn1)N[C@H]1CCCN(c2ccccn2)C1. The van der Waals surface area contributed by atoms with E-state index in [1.165, 1.54) is 12.8 Å². The molecule has 1 aliphatic rings. The first kappa shape index (κ1) is 15.0. The molecule has 0 aromatic carbocycles. The van der Waals surface area contributed by atoms with Crippen molar-refractivity contribution in [3.63, 3.8) is 0 Å². The molecule has 1 N–H and O–H groups in total. The quantitative estimate of drug-likeness (QED) is 0.889. The lowest BCUT2D eigenvalue weighted by Gasteiger charge is -2.35. The van der Waals surface area contributed by atoms with Crippen molar-refractivity contribution in [3.05, 3.63) is 42.9 Å². The average molecular weight is 299 g/mol. The van der Waals surface area contributed by atoms with Crippen LogP contribution < -0.4 is 10.2 Å². The normalized spacial score (nSPS) is 20.0. The zero-order chi connectivity index (χ0) is 15.2. The summed E-state index contributed by atoms with van der Waals surface area (Å²) < 4.78 is 2.00. The highest BCUT2D eigenvalue weighted by Gasteiger charge is 2.21. The lowest BCUT2D eigenvalue weighted by molar-refractivity contribution is 0.360. The molecule has 2 aromatic rings. The summed E-state index contributed by atoms with van der Waals surface area (Å²) in [6.07, 6.45) is 9.30. The van der Waals surface area contributed by atoms with E-state index in [2.05, 4.69) is 39.4 Å². The van der Waals surface area contributed by atoms with Gasteiger partial charge >= 0.3 is 0 Å². The van der Waals surface area contributed by atoms with Crippen molar-refractivity contribution in [2.45, 2.75) is 44.8 Å². The van der Waals surface area contributed by atoms with Crippen LogP contribution in [0.2, 0.25) is 0 Å². The molecule has 0 amide bonds. The molecule has 0 spiro atoms. The zero-order valence-corrected chi connectivity index (χ0v) is 13.2. The van der Waals surface area contributed by atoms with Crippen LogP contribution in [0.5, 0.6) is 0 Å². The highest BCUT2D eigenvalue weighted by molar-refractivity contribution is 5.38. The summed E-state index contributed by atoms with van der Waals surface area (Å²) >= 11 is 0. The van der Waals surface area contributed by atoms with Crippen molar-refractivity contribution in [3.8, 4) is 0 Å². The van der Waals surface area contributed by atoms with Gasteiger partial charge in [-0.1, -0.05) is 6.07 Å². The van der Waals surface area contributed by atoms with Crippen molar-refractivity contribution in [2.75, 3.05) is 18.0 Å². The van der Waals surface area contributed by atoms with Crippen LogP contribution >= 0.6 is 0 Å². The Morgan fingerprint density at radius 1 is 1.32 bits per heavy atom. The Kier molecular flexibility index (Phi) is 5.06. The molecule has 2 aromatic heterocycles. The Balaban J connectivity index is 1.47. The Morgan fingerprint density at radius 2 is 2.27 bits per heavy atom. The first-order chi connectivity index (χ1) is 10.8. The molecule has 0 unspecified atom stereocenters. The molecule has 2 atom stereocenters. The van der Waals surface area contributed by atoms with Gasteiger partial charge in [-0.2, -0.15) is 5.10 Å². The number of piperidine rings is 1. The minimum Gasteiger partial charge on any atom is -0.355 e. The van der Waals surface area contributed by atoms with E-state index in [0.717, 1.165) is 31.9 Å². The summed E-state index contributed by atoms with van der Waals surface area (Å²) in [7, 11) is 0. The lowest BCUT2D eigenvalue weighted by atomic mass is 10.0. The molecule has 118 valence electrons. The molecular weight excluding hydrogens is 274 g/mol. The molecule has 5 heteroatoms. The number of pyridine rings is 1. The first-order valence-electron chi connectivity index (χ1n) is 8.21. The van der Waals surface area contributed by atoms with Gasteiger partial charge in [0.1, 0.15) is 5.82 Å². The molecule has 0 radical (unpaired) electrons. The summed E-state index contributed by atoms with van der Waals surface area (Å²) in [6, 6.07) is 9.15. The van der Waals surface area contributed by atoms with Gasteiger partial charge in [-0.05, 0) is 44.4 Å². The minimum atomic E-state index is 0.498. The van der Waals surface area contributed by atoms with Crippen molar-refractivity contribution >= 4 is 5.82 Å². The van der Waals surface area contributed by atoms with Crippen molar-refractivity contribution in [2.24, 2.45) is 0 Å². The molecule has 3 heterocycles. The Hall–Kier alpha value is -1.88. The lowest BCUT2D eigenvalue weighted by Crippen LogP contribution is -2.48. The minimum absolute atomic E-state index is 0.498. The smallest absolute Gasteiger partial charge is 0.128 e. The summed E-state index contributed by atoms with van der Waals surface area (Å²) in [5.74, 6) is 1.10. The van der Waals surface area contributed by atoms with E-state index in [-0.39, 0.29) is 0 Å². The van der Waals surface area contributed by atoms with E-state index >= 15 is 0 Å². The second-order valence-corrected chi connectivity index (χ2v) is 6.10. The number of nitrogens with one attached hydrogen (secondary N) is 1. The second-order valence-electron chi connectivity index (χ2n) is 6.10. The van der Waals surface area contributed by atoms with Gasteiger partial charge in [0.25, 0.3) is 0 Å². The molecule has 22 heavy (non-hydrogen) atoms. The number of hydrogen-bond acceptors (Lipinski definition) is 4. The van der Waals surface area contributed by atoms with Crippen LogP contribution in [0.4, 0.5) is 5.82 Å². The van der Waals surface area contributed by atoms with Crippen LogP contribution in [0.15, 0.2) is 42.9 Å². The van der Waals surface area contributed by atoms with Gasteiger partial charge in [0.15, 0.2) is 0 Å². The summed E-state index contributed by atoms with van der Waals surface area (Å²) in [5.41, 5.74) is 0. The highest BCUT2D eigenvalue weighted by Crippen LogP contribution is 2.17. The number of rotatable bonds is 6. The Bertz CT molecular complexity index is 539. The van der Waals surface area contributed by atoms with E-state index < -0.39 is 0 Å². The largest absolute Gasteiger partial charge is 0.355 e. The molecule has 1 fully saturated rings. The van der Waals surface area contributed by atoms with Gasteiger partial charge in [-0.3, -0.25) is 4.68 Å². The maximum absolute atomic E-state index is 4.47. The van der Waals surface area contributed by atoms with E-state index in [4.69, 9.17) is 0 Å². The second kappa shape index (κ2) is 7.40. The van der Waals surface area contributed by atoms with Gasteiger partial charge in [0.2, 0.25) is 0 Å².